The highest BCUT2D eigenvalue weighted by molar-refractivity contribution is 5.89. The Labute approximate surface area is 193 Å². The van der Waals surface area contributed by atoms with Crippen molar-refractivity contribution in [2.24, 2.45) is 0 Å². The topological polar surface area (TPSA) is 87.5 Å². The number of hydrogen-bond acceptors (Lipinski definition) is 6. The Balaban J connectivity index is 1.44. The summed E-state index contributed by atoms with van der Waals surface area (Å²) in [5.74, 6) is 0.347. The second-order valence-corrected chi connectivity index (χ2v) is 8.32. The number of carbonyl (C=O) groups excluding carboxylic acids is 2. The molecular weight excluding hydrogens is 418 g/mol. The number of aromatic nitrogens is 4. The van der Waals surface area contributed by atoms with E-state index in [9.17, 15) is 9.59 Å². The lowest BCUT2D eigenvalue weighted by atomic mass is 10.1. The summed E-state index contributed by atoms with van der Waals surface area (Å²) < 4.78 is 1.77. The highest BCUT2D eigenvalue weighted by Gasteiger charge is 2.23. The fourth-order valence-electron chi connectivity index (χ4n) is 4.03. The van der Waals surface area contributed by atoms with Gasteiger partial charge in [-0.1, -0.05) is 18.2 Å². The highest BCUT2D eigenvalue weighted by Crippen LogP contribution is 2.31. The van der Waals surface area contributed by atoms with Crippen molar-refractivity contribution in [3.05, 3.63) is 54.1 Å². The smallest absolute Gasteiger partial charge is 0.244 e. The summed E-state index contributed by atoms with van der Waals surface area (Å²) in [5.41, 5.74) is 4.91. The predicted octanol–water partition coefficient (Wildman–Crippen LogP) is 2.29. The second kappa shape index (κ2) is 9.40. The molecule has 3 heterocycles. The van der Waals surface area contributed by atoms with E-state index in [1.807, 2.05) is 43.0 Å². The van der Waals surface area contributed by atoms with Crippen LogP contribution in [-0.4, -0.2) is 69.7 Å². The third kappa shape index (κ3) is 4.87. The summed E-state index contributed by atoms with van der Waals surface area (Å²) in [6.45, 7) is 8.46. The maximum Gasteiger partial charge on any atom is 0.244 e. The SMILES string of the molecule is CC(=O)N(C)c1ncc(-c2ccccc2N2CCN(C(=O)Cn3nc(C)cc3C)CC2)cn1. The van der Waals surface area contributed by atoms with Gasteiger partial charge in [0.25, 0.3) is 0 Å². The molecule has 0 aliphatic carbocycles. The van der Waals surface area contributed by atoms with Crippen LogP contribution in [0.15, 0.2) is 42.7 Å². The Morgan fingerprint density at radius 1 is 1.03 bits per heavy atom. The number of rotatable bonds is 5. The molecule has 0 N–H and O–H groups in total. The summed E-state index contributed by atoms with van der Waals surface area (Å²) >= 11 is 0. The van der Waals surface area contributed by atoms with Crippen molar-refractivity contribution in [3.63, 3.8) is 0 Å². The quantitative estimate of drug-likeness (QED) is 0.596. The third-order valence-corrected chi connectivity index (χ3v) is 5.99. The number of piperazine rings is 1. The van der Waals surface area contributed by atoms with E-state index in [1.165, 1.54) is 11.8 Å². The first-order valence-electron chi connectivity index (χ1n) is 11.0. The van der Waals surface area contributed by atoms with Gasteiger partial charge < -0.3 is 9.80 Å². The maximum atomic E-state index is 12.8. The lowest BCUT2D eigenvalue weighted by Gasteiger charge is -2.37. The van der Waals surface area contributed by atoms with Crippen LogP contribution < -0.4 is 9.80 Å². The van der Waals surface area contributed by atoms with E-state index < -0.39 is 0 Å². The number of amides is 2. The molecule has 1 fully saturated rings. The molecule has 0 spiro atoms. The van der Waals surface area contributed by atoms with Gasteiger partial charge in [0.05, 0.1) is 5.69 Å². The van der Waals surface area contributed by atoms with Gasteiger partial charge in [-0.05, 0) is 26.0 Å². The van der Waals surface area contributed by atoms with Crippen molar-refractivity contribution in [1.82, 2.24) is 24.6 Å². The molecule has 9 nitrogen and oxygen atoms in total. The number of para-hydroxylation sites is 1. The zero-order chi connectivity index (χ0) is 23.5. The third-order valence-electron chi connectivity index (χ3n) is 5.99. The van der Waals surface area contributed by atoms with E-state index in [2.05, 4.69) is 26.0 Å². The second-order valence-electron chi connectivity index (χ2n) is 8.32. The molecule has 0 radical (unpaired) electrons. The number of hydrogen-bond donors (Lipinski definition) is 0. The van der Waals surface area contributed by atoms with Crippen molar-refractivity contribution in [2.45, 2.75) is 27.3 Å². The molecule has 0 saturated carbocycles. The molecule has 0 atom stereocenters. The van der Waals surface area contributed by atoms with Gasteiger partial charge in [0.1, 0.15) is 6.54 Å². The Morgan fingerprint density at radius 2 is 1.70 bits per heavy atom. The number of nitrogens with zero attached hydrogens (tertiary/aromatic N) is 7. The van der Waals surface area contributed by atoms with Crippen LogP contribution in [0.25, 0.3) is 11.1 Å². The number of benzene rings is 1. The Morgan fingerprint density at radius 3 is 2.30 bits per heavy atom. The molecule has 1 aliphatic rings. The first-order valence-corrected chi connectivity index (χ1v) is 11.0. The molecule has 2 amide bonds. The fraction of sp³-hybridized carbons (Fsp3) is 0.375. The molecule has 172 valence electrons. The van der Waals surface area contributed by atoms with Crippen LogP contribution in [0.1, 0.15) is 18.3 Å². The first kappa shape index (κ1) is 22.4. The van der Waals surface area contributed by atoms with Crippen molar-refractivity contribution in [3.8, 4) is 11.1 Å². The first-order chi connectivity index (χ1) is 15.8. The van der Waals surface area contributed by atoms with Crippen LogP contribution in [0.5, 0.6) is 0 Å². The minimum absolute atomic E-state index is 0.0905. The minimum atomic E-state index is -0.117. The lowest BCUT2D eigenvalue weighted by Crippen LogP contribution is -2.49. The van der Waals surface area contributed by atoms with E-state index in [0.29, 0.717) is 19.0 Å². The van der Waals surface area contributed by atoms with E-state index in [-0.39, 0.29) is 18.4 Å². The minimum Gasteiger partial charge on any atom is -0.367 e. The highest BCUT2D eigenvalue weighted by atomic mass is 16.2. The zero-order valence-electron chi connectivity index (χ0n) is 19.5. The zero-order valence-corrected chi connectivity index (χ0v) is 19.5. The van der Waals surface area contributed by atoms with Gasteiger partial charge in [-0.25, -0.2) is 9.97 Å². The van der Waals surface area contributed by atoms with Gasteiger partial charge >= 0.3 is 0 Å². The summed E-state index contributed by atoms with van der Waals surface area (Å²) in [6.07, 6.45) is 3.49. The number of anilines is 2. The monoisotopic (exact) mass is 447 g/mol. The number of carbonyl (C=O) groups is 2. The summed E-state index contributed by atoms with van der Waals surface area (Å²) in [4.78, 5) is 38.7. The lowest BCUT2D eigenvalue weighted by molar-refractivity contribution is -0.132. The molecule has 1 aromatic carbocycles. The molecule has 3 aromatic rings. The number of aryl methyl sites for hydroxylation is 2. The molecule has 4 rings (SSSR count). The molecular formula is C24H29N7O2. The fourth-order valence-corrected chi connectivity index (χ4v) is 4.03. The van der Waals surface area contributed by atoms with Crippen molar-refractivity contribution in [1.29, 1.82) is 0 Å². The van der Waals surface area contributed by atoms with E-state index >= 15 is 0 Å². The average molecular weight is 448 g/mol. The van der Waals surface area contributed by atoms with Crippen LogP contribution in [0, 0.1) is 13.8 Å². The van der Waals surface area contributed by atoms with Gasteiger partial charge in [-0.15, -0.1) is 0 Å². The van der Waals surface area contributed by atoms with Crippen molar-refractivity contribution < 1.29 is 9.59 Å². The van der Waals surface area contributed by atoms with E-state index in [4.69, 9.17) is 0 Å². The Bertz CT molecular complexity index is 1150. The molecule has 1 saturated heterocycles. The average Bonchev–Trinajstić information content (AvgIpc) is 3.15. The molecule has 0 unspecified atom stereocenters. The summed E-state index contributed by atoms with van der Waals surface area (Å²) in [5, 5.41) is 4.40. The van der Waals surface area contributed by atoms with Gasteiger partial charge in [-0.3, -0.25) is 19.2 Å². The van der Waals surface area contributed by atoms with Gasteiger partial charge in [0.15, 0.2) is 0 Å². The van der Waals surface area contributed by atoms with Crippen LogP contribution in [0.3, 0.4) is 0 Å². The normalized spacial score (nSPS) is 13.8. The van der Waals surface area contributed by atoms with E-state index in [0.717, 1.165) is 41.3 Å². The molecule has 2 aromatic heterocycles. The molecule has 1 aliphatic heterocycles. The van der Waals surface area contributed by atoms with E-state index in [1.54, 1.807) is 24.1 Å². The largest absolute Gasteiger partial charge is 0.367 e. The summed E-state index contributed by atoms with van der Waals surface area (Å²) in [7, 11) is 1.65. The Hall–Kier alpha value is -3.75. The van der Waals surface area contributed by atoms with Crippen molar-refractivity contribution in [2.75, 3.05) is 43.0 Å². The molecule has 0 bridgehead atoms. The van der Waals surface area contributed by atoms with Crippen LogP contribution in [-0.2, 0) is 16.1 Å². The van der Waals surface area contributed by atoms with Crippen LogP contribution >= 0.6 is 0 Å². The standard InChI is InChI=1S/C24H29N7O2/c1-17-13-18(2)31(27-17)16-23(33)30-11-9-29(10-12-30)22-8-6-5-7-21(22)20-14-25-24(26-15-20)28(4)19(3)32/h5-8,13-15H,9-12,16H2,1-4H3. The summed E-state index contributed by atoms with van der Waals surface area (Å²) in [6, 6.07) is 10.1. The van der Waals surface area contributed by atoms with Crippen LogP contribution in [0.4, 0.5) is 11.6 Å². The van der Waals surface area contributed by atoms with Gasteiger partial charge in [0, 0.05) is 75.1 Å². The van der Waals surface area contributed by atoms with Gasteiger partial charge in [-0.2, -0.15) is 5.10 Å². The van der Waals surface area contributed by atoms with Gasteiger partial charge in [0.2, 0.25) is 17.8 Å². The van der Waals surface area contributed by atoms with Crippen LogP contribution in [0.2, 0.25) is 0 Å². The predicted molar refractivity (Wildman–Crippen MR) is 127 cm³/mol. The maximum absolute atomic E-state index is 12.8. The molecule has 9 heteroatoms. The molecule has 33 heavy (non-hydrogen) atoms. The van der Waals surface area contributed by atoms with Crippen molar-refractivity contribution >= 4 is 23.5 Å². The Kier molecular flexibility index (Phi) is 6.39.